The van der Waals surface area contributed by atoms with Crippen LogP contribution in [0.3, 0.4) is 0 Å². The van der Waals surface area contributed by atoms with E-state index in [4.69, 9.17) is 5.11 Å². The van der Waals surface area contributed by atoms with E-state index in [1.807, 2.05) is 13.8 Å². The fourth-order valence-electron chi connectivity index (χ4n) is 2.06. The summed E-state index contributed by atoms with van der Waals surface area (Å²) in [6, 6.07) is 0. The first-order chi connectivity index (χ1) is 5.46. The second kappa shape index (κ2) is 2.88. The SMILES string of the molecule is C[C@@H]1[C@@H](C(=O)O)[C@@H](C)C(=O)[C@@H]1C. The number of rotatable bonds is 1. The zero-order valence-electron chi connectivity index (χ0n) is 7.57. The molecule has 0 amide bonds. The van der Waals surface area contributed by atoms with Crippen molar-refractivity contribution in [3.05, 3.63) is 0 Å². The van der Waals surface area contributed by atoms with Crippen LogP contribution in [0.5, 0.6) is 0 Å². The van der Waals surface area contributed by atoms with Crippen molar-refractivity contribution in [3.8, 4) is 0 Å². The molecule has 0 radical (unpaired) electrons. The highest BCUT2D eigenvalue weighted by Crippen LogP contribution is 2.38. The Kier molecular flexibility index (Phi) is 2.22. The maximum Gasteiger partial charge on any atom is 0.307 e. The molecule has 0 aromatic rings. The Balaban J connectivity index is 2.90. The lowest BCUT2D eigenvalue weighted by Crippen LogP contribution is -2.23. The van der Waals surface area contributed by atoms with Crippen molar-refractivity contribution >= 4 is 11.8 Å². The normalized spacial score (nSPS) is 41.8. The van der Waals surface area contributed by atoms with E-state index in [1.54, 1.807) is 6.92 Å². The molecular weight excluding hydrogens is 156 g/mol. The van der Waals surface area contributed by atoms with E-state index in [9.17, 15) is 9.59 Å². The average molecular weight is 170 g/mol. The summed E-state index contributed by atoms with van der Waals surface area (Å²) in [5, 5.41) is 8.84. The molecule has 1 N–H and O–H groups in total. The minimum atomic E-state index is -0.840. The summed E-state index contributed by atoms with van der Waals surface area (Å²) in [7, 11) is 0. The van der Waals surface area contributed by atoms with Gasteiger partial charge in [-0.25, -0.2) is 0 Å². The van der Waals surface area contributed by atoms with Crippen LogP contribution in [0.1, 0.15) is 20.8 Å². The molecule has 0 aromatic carbocycles. The molecule has 0 bridgehead atoms. The fourth-order valence-corrected chi connectivity index (χ4v) is 2.06. The topological polar surface area (TPSA) is 54.4 Å². The maximum atomic E-state index is 11.4. The van der Waals surface area contributed by atoms with Crippen molar-refractivity contribution in [2.24, 2.45) is 23.7 Å². The van der Waals surface area contributed by atoms with E-state index in [0.717, 1.165) is 0 Å². The van der Waals surface area contributed by atoms with Gasteiger partial charge in [-0.3, -0.25) is 9.59 Å². The number of carboxylic acids is 1. The van der Waals surface area contributed by atoms with Crippen molar-refractivity contribution < 1.29 is 14.7 Å². The van der Waals surface area contributed by atoms with Crippen LogP contribution in [-0.4, -0.2) is 16.9 Å². The third kappa shape index (κ3) is 1.13. The Hall–Kier alpha value is -0.860. The summed E-state index contributed by atoms with van der Waals surface area (Å²) in [5.74, 6) is -1.66. The molecule has 1 aliphatic rings. The standard InChI is InChI=1S/C9H14O3/c1-4-5(2)8(10)6(3)7(4)9(11)12/h4-7H,1-3H3,(H,11,12)/t4-,5+,6+,7+/m0/s1. The van der Waals surface area contributed by atoms with Crippen LogP contribution in [0.15, 0.2) is 0 Å². The summed E-state index contributed by atoms with van der Waals surface area (Å²) < 4.78 is 0. The number of carboxylic acid groups (broad SMARTS) is 1. The predicted octanol–water partition coefficient (Wildman–Crippen LogP) is 1.18. The van der Waals surface area contributed by atoms with Gasteiger partial charge in [0.05, 0.1) is 5.92 Å². The third-order valence-corrected chi connectivity index (χ3v) is 3.08. The molecule has 0 spiro atoms. The minimum absolute atomic E-state index is 0.0231. The highest BCUT2D eigenvalue weighted by Gasteiger charge is 2.46. The zero-order valence-corrected chi connectivity index (χ0v) is 7.57. The smallest absolute Gasteiger partial charge is 0.307 e. The van der Waals surface area contributed by atoms with E-state index < -0.39 is 11.9 Å². The molecule has 0 aliphatic heterocycles. The van der Waals surface area contributed by atoms with Crippen molar-refractivity contribution in [3.63, 3.8) is 0 Å². The quantitative estimate of drug-likeness (QED) is 0.642. The van der Waals surface area contributed by atoms with E-state index in [-0.39, 0.29) is 23.5 Å². The molecule has 0 unspecified atom stereocenters. The van der Waals surface area contributed by atoms with Gasteiger partial charge in [0.25, 0.3) is 0 Å². The van der Waals surface area contributed by atoms with Gasteiger partial charge in [0.1, 0.15) is 5.78 Å². The van der Waals surface area contributed by atoms with Gasteiger partial charge in [0.2, 0.25) is 0 Å². The molecule has 0 saturated heterocycles. The molecule has 0 heterocycles. The van der Waals surface area contributed by atoms with Crippen LogP contribution >= 0.6 is 0 Å². The number of hydrogen-bond donors (Lipinski definition) is 1. The summed E-state index contributed by atoms with van der Waals surface area (Å²) in [5.41, 5.74) is 0. The molecule has 68 valence electrons. The molecule has 1 rings (SSSR count). The fraction of sp³-hybridized carbons (Fsp3) is 0.778. The molecule has 1 aliphatic carbocycles. The van der Waals surface area contributed by atoms with Gasteiger partial charge in [0.15, 0.2) is 0 Å². The van der Waals surface area contributed by atoms with E-state index in [1.165, 1.54) is 0 Å². The average Bonchev–Trinajstić information content (AvgIpc) is 2.16. The number of Topliss-reactive ketones (excluding diaryl/α,β-unsaturated/α-hetero) is 1. The Morgan fingerprint density at radius 2 is 1.75 bits per heavy atom. The molecule has 1 fully saturated rings. The molecule has 3 nitrogen and oxygen atoms in total. The van der Waals surface area contributed by atoms with Gasteiger partial charge in [0, 0.05) is 11.8 Å². The Morgan fingerprint density at radius 3 is 1.92 bits per heavy atom. The van der Waals surface area contributed by atoms with Crippen molar-refractivity contribution in [2.75, 3.05) is 0 Å². The molecule has 12 heavy (non-hydrogen) atoms. The van der Waals surface area contributed by atoms with Crippen LogP contribution in [0, 0.1) is 23.7 Å². The minimum Gasteiger partial charge on any atom is -0.481 e. The van der Waals surface area contributed by atoms with Gasteiger partial charge in [-0.2, -0.15) is 0 Å². The first-order valence-electron chi connectivity index (χ1n) is 4.23. The number of carbonyl (C=O) groups is 2. The third-order valence-electron chi connectivity index (χ3n) is 3.08. The van der Waals surface area contributed by atoms with Crippen LogP contribution < -0.4 is 0 Å². The van der Waals surface area contributed by atoms with Crippen molar-refractivity contribution in [1.29, 1.82) is 0 Å². The number of carbonyl (C=O) groups excluding carboxylic acids is 1. The lowest BCUT2D eigenvalue weighted by molar-refractivity contribution is -0.145. The monoisotopic (exact) mass is 170 g/mol. The van der Waals surface area contributed by atoms with Gasteiger partial charge >= 0.3 is 5.97 Å². The summed E-state index contributed by atoms with van der Waals surface area (Å²) in [6.45, 7) is 5.36. The van der Waals surface area contributed by atoms with Crippen molar-refractivity contribution in [1.82, 2.24) is 0 Å². The van der Waals surface area contributed by atoms with Crippen LogP contribution in [-0.2, 0) is 9.59 Å². The van der Waals surface area contributed by atoms with E-state index in [0.29, 0.717) is 0 Å². The van der Waals surface area contributed by atoms with E-state index in [2.05, 4.69) is 0 Å². The molecule has 4 atom stereocenters. The van der Waals surface area contributed by atoms with Crippen molar-refractivity contribution in [2.45, 2.75) is 20.8 Å². The summed E-state index contributed by atoms with van der Waals surface area (Å²) in [6.07, 6.45) is 0. The highest BCUT2D eigenvalue weighted by atomic mass is 16.4. The van der Waals surface area contributed by atoms with Crippen LogP contribution in [0.25, 0.3) is 0 Å². The van der Waals surface area contributed by atoms with Gasteiger partial charge in [-0.15, -0.1) is 0 Å². The second-order valence-corrected chi connectivity index (χ2v) is 3.70. The molecule has 0 aromatic heterocycles. The summed E-state index contributed by atoms with van der Waals surface area (Å²) in [4.78, 5) is 22.1. The Bertz CT molecular complexity index is 222. The first-order valence-corrected chi connectivity index (χ1v) is 4.23. The first kappa shape index (κ1) is 9.23. The lowest BCUT2D eigenvalue weighted by Gasteiger charge is -2.13. The van der Waals surface area contributed by atoms with E-state index >= 15 is 0 Å². The van der Waals surface area contributed by atoms with Crippen LogP contribution in [0.2, 0.25) is 0 Å². The number of hydrogen-bond acceptors (Lipinski definition) is 2. The summed E-state index contributed by atoms with van der Waals surface area (Å²) >= 11 is 0. The van der Waals surface area contributed by atoms with Gasteiger partial charge in [-0.1, -0.05) is 20.8 Å². The Morgan fingerprint density at radius 1 is 1.25 bits per heavy atom. The predicted molar refractivity (Wildman–Crippen MR) is 43.6 cm³/mol. The lowest BCUT2D eigenvalue weighted by atomic mass is 9.90. The number of ketones is 1. The zero-order chi connectivity index (χ0) is 9.46. The highest BCUT2D eigenvalue weighted by molar-refractivity contribution is 5.91. The second-order valence-electron chi connectivity index (χ2n) is 3.70. The van der Waals surface area contributed by atoms with Crippen LogP contribution in [0.4, 0.5) is 0 Å². The Labute approximate surface area is 71.8 Å². The molecule has 1 saturated carbocycles. The largest absolute Gasteiger partial charge is 0.481 e. The maximum absolute atomic E-state index is 11.4. The van der Waals surface area contributed by atoms with Gasteiger partial charge in [-0.05, 0) is 5.92 Å². The molecule has 3 heteroatoms. The van der Waals surface area contributed by atoms with Gasteiger partial charge < -0.3 is 5.11 Å². The molecular formula is C9H14O3. The number of aliphatic carboxylic acids is 1.